The second-order valence-corrected chi connectivity index (χ2v) is 6.19. The molecule has 0 aliphatic carbocycles. The number of fused-ring (bicyclic) bond motifs is 1. The van der Waals surface area contributed by atoms with Crippen LogP contribution in [0.1, 0.15) is 5.56 Å². The summed E-state index contributed by atoms with van der Waals surface area (Å²) in [7, 11) is 4.79. The Balaban J connectivity index is 1.90. The van der Waals surface area contributed by atoms with Crippen molar-refractivity contribution in [3.05, 3.63) is 46.7 Å². The van der Waals surface area contributed by atoms with Crippen LogP contribution in [-0.2, 0) is 6.54 Å². The molecule has 6 nitrogen and oxygen atoms in total. The number of benzene rings is 2. The lowest BCUT2D eigenvalue weighted by Gasteiger charge is -2.15. The van der Waals surface area contributed by atoms with Gasteiger partial charge < -0.3 is 19.5 Å². The Morgan fingerprint density at radius 3 is 2.32 bits per heavy atom. The maximum absolute atomic E-state index is 5.39. The first kappa shape index (κ1) is 17.3. The van der Waals surface area contributed by atoms with Crippen molar-refractivity contribution >= 4 is 32.7 Å². The monoisotopic (exact) mass is 403 g/mol. The summed E-state index contributed by atoms with van der Waals surface area (Å²) >= 11 is 3.49. The molecule has 7 heteroatoms. The van der Waals surface area contributed by atoms with E-state index in [1.165, 1.54) is 0 Å². The van der Waals surface area contributed by atoms with Gasteiger partial charge in [0.1, 0.15) is 12.1 Å². The van der Waals surface area contributed by atoms with Crippen molar-refractivity contribution in [1.29, 1.82) is 0 Å². The topological polar surface area (TPSA) is 65.5 Å². The first-order valence-electron chi connectivity index (χ1n) is 7.59. The number of hydrogen-bond acceptors (Lipinski definition) is 6. The zero-order valence-electron chi connectivity index (χ0n) is 14.2. The van der Waals surface area contributed by atoms with E-state index >= 15 is 0 Å². The lowest BCUT2D eigenvalue weighted by Crippen LogP contribution is -2.04. The SMILES string of the molecule is COc1cc(CNc2ncnc3ccc(Br)cc23)cc(OC)c1OC. The molecule has 1 N–H and O–H groups in total. The molecule has 0 fully saturated rings. The van der Waals surface area contributed by atoms with Gasteiger partial charge >= 0.3 is 0 Å². The molecule has 2 aromatic carbocycles. The molecule has 0 amide bonds. The van der Waals surface area contributed by atoms with Crippen molar-refractivity contribution in [3.8, 4) is 17.2 Å². The van der Waals surface area contributed by atoms with Crippen LogP contribution in [0.4, 0.5) is 5.82 Å². The van der Waals surface area contributed by atoms with Gasteiger partial charge in [0.2, 0.25) is 5.75 Å². The van der Waals surface area contributed by atoms with Crippen molar-refractivity contribution < 1.29 is 14.2 Å². The second-order valence-electron chi connectivity index (χ2n) is 5.27. The Bertz CT molecular complexity index is 877. The summed E-state index contributed by atoms with van der Waals surface area (Å²) in [6.07, 6.45) is 1.55. The molecule has 3 rings (SSSR count). The van der Waals surface area contributed by atoms with Crippen LogP contribution < -0.4 is 19.5 Å². The Labute approximate surface area is 154 Å². The van der Waals surface area contributed by atoms with E-state index in [2.05, 4.69) is 31.2 Å². The highest BCUT2D eigenvalue weighted by molar-refractivity contribution is 9.10. The van der Waals surface area contributed by atoms with Gasteiger partial charge in [0.05, 0.1) is 26.8 Å². The number of anilines is 1. The van der Waals surface area contributed by atoms with E-state index in [-0.39, 0.29) is 0 Å². The summed E-state index contributed by atoms with van der Waals surface area (Å²) in [5.41, 5.74) is 1.86. The van der Waals surface area contributed by atoms with Crippen LogP contribution in [0.15, 0.2) is 41.1 Å². The number of hydrogen-bond donors (Lipinski definition) is 1. The molecule has 0 spiro atoms. The van der Waals surface area contributed by atoms with E-state index in [1.54, 1.807) is 27.7 Å². The lowest BCUT2D eigenvalue weighted by atomic mass is 10.1. The quantitative estimate of drug-likeness (QED) is 0.669. The van der Waals surface area contributed by atoms with E-state index in [0.29, 0.717) is 23.8 Å². The number of ether oxygens (including phenoxy) is 3. The summed E-state index contributed by atoms with van der Waals surface area (Å²) in [5.74, 6) is 2.58. The number of methoxy groups -OCH3 is 3. The number of nitrogens with zero attached hydrogens (tertiary/aromatic N) is 2. The molecule has 0 atom stereocenters. The molecule has 0 radical (unpaired) electrons. The van der Waals surface area contributed by atoms with Crippen molar-refractivity contribution in [3.63, 3.8) is 0 Å². The fourth-order valence-electron chi connectivity index (χ4n) is 2.59. The highest BCUT2D eigenvalue weighted by atomic mass is 79.9. The van der Waals surface area contributed by atoms with Crippen molar-refractivity contribution in [2.45, 2.75) is 6.54 Å². The van der Waals surface area contributed by atoms with Crippen LogP contribution in [0.2, 0.25) is 0 Å². The highest BCUT2D eigenvalue weighted by Crippen LogP contribution is 2.38. The van der Waals surface area contributed by atoms with Gasteiger partial charge in [-0.1, -0.05) is 15.9 Å². The molecular formula is C18H18BrN3O3. The normalized spacial score (nSPS) is 10.6. The van der Waals surface area contributed by atoms with Gasteiger partial charge in [-0.05, 0) is 35.9 Å². The number of rotatable bonds is 6. The van der Waals surface area contributed by atoms with Gasteiger partial charge in [-0.25, -0.2) is 9.97 Å². The molecule has 0 saturated heterocycles. The first-order valence-corrected chi connectivity index (χ1v) is 8.38. The van der Waals surface area contributed by atoms with Gasteiger partial charge in [-0.2, -0.15) is 0 Å². The van der Waals surface area contributed by atoms with Crippen LogP contribution in [-0.4, -0.2) is 31.3 Å². The zero-order valence-corrected chi connectivity index (χ0v) is 15.8. The van der Waals surface area contributed by atoms with Crippen molar-refractivity contribution in [1.82, 2.24) is 9.97 Å². The largest absolute Gasteiger partial charge is 0.493 e. The predicted molar refractivity (Wildman–Crippen MR) is 101 cm³/mol. The fraction of sp³-hybridized carbons (Fsp3) is 0.222. The maximum Gasteiger partial charge on any atom is 0.203 e. The molecule has 0 unspecified atom stereocenters. The molecule has 1 aromatic heterocycles. The molecule has 130 valence electrons. The summed E-state index contributed by atoms with van der Waals surface area (Å²) in [6, 6.07) is 9.72. The lowest BCUT2D eigenvalue weighted by molar-refractivity contribution is 0.324. The third-order valence-corrected chi connectivity index (χ3v) is 4.28. The standard InChI is InChI=1S/C18H18BrN3O3/c1-23-15-6-11(7-16(24-2)17(15)25-3)9-20-18-13-8-12(19)4-5-14(13)21-10-22-18/h4-8,10H,9H2,1-3H3,(H,20,21,22). The Hall–Kier alpha value is -2.54. The average molecular weight is 404 g/mol. The Morgan fingerprint density at radius 1 is 0.960 bits per heavy atom. The average Bonchev–Trinajstić information content (AvgIpc) is 2.65. The van der Waals surface area contributed by atoms with Crippen molar-refractivity contribution in [2.75, 3.05) is 26.6 Å². The Morgan fingerprint density at radius 2 is 1.68 bits per heavy atom. The van der Waals surface area contributed by atoms with Crippen LogP contribution in [0.3, 0.4) is 0 Å². The molecule has 0 aliphatic rings. The van der Waals surface area contributed by atoms with Crippen LogP contribution in [0.5, 0.6) is 17.2 Å². The second kappa shape index (κ2) is 7.57. The summed E-state index contributed by atoms with van der Waals surface area (Å²) in [4.78, 5) is 8.64. The van der Waals surface area contributed by atoms with Gasteiger partial charge in [-0.15, -0.1) is 0 Å². The van der Waals surface area contributed by atoms with E-state index in [9.17, 15) is 0 Å². The van der Waals surface area contributed by atoms with E-state index < -0.39 is 0 Å². The molecule has 3 aromatic rings. The summed E-state index contributed by atoms with van der Waals surface area (Å²) in [6.45, 7) is 0.551. The predicted octanol–water partition coefficient (Wildman–Crippen LogP) is 4.03. The fourth-order valence-corrected chi connectivity index (χ4v) is 2.95. The number of aromatic nitrogens is 2. The van der Waals surface area contributed by atoms with Crippen LogP contribution in [0.25, 0.3) is 10.9 Å². The van der Waals surface area contributed by atoms with Gasteiger partial charge in [0.25, 0.3) is 0 Å². The number of halogens is 1. The molecule has 1 heterocycles. The molecule has 0 bridgehead atoms. The minimum atomic E-state index is 0.551. The smallest absolute Gasteiger partial charge is 0.203 e. The van der Waals surface area contributed by atoms with Crippen LogP contribution in [0, 0.1) is 0 Å². The minimum absolute atomic E-state index is 0.551. The molecule has 0 aliphatic heterocycles. The maximum atomic E-state index is 5.39. The summed E-state index contributed by atoms with van der Waals surface area (Å²) < 4.78 is 17.1. The minimum Gasteiger partial charge on any atom is -0.493 e. The van der Waals surface area contributed by atoms with E-state index in [0.717, 1.165) is 26.8 Å². The first-order chi connectivity index (χ1) is 12.2. The number of nitrogens with one attached hydrogen (secondary N) is 1. The van der Waals surface area contributed by atoms with E-state index in [4.69, 9.17) is 14.2 Å². The van der Waals surface area contributed by atoms with Gasteiger partial charge in [0, 0.05) is 16.4 Å². The van der Waals surface area contributed by atoms with Crippen LogP contribution >= 0.6 is 15.9 Å². The molecule has 0 saturated carbocycles. The highest BCUT2D eigenvalue weighted by Gasteiger charge is 2.13. The third kappa shape index (κ3) is 3.61. The molecule has 25 heavy (non-hydrogen) atoms. The van der Waals surface area contributed by atoms with E-state index in [1.807, 2.05) is 30.3 Å². The molecular weight excluding hydrogens is 386 g/mol. The van der Waals surface area contributed by atoms with Gasteiger partial charge in [-0.3, -0.25) is 0 Å². The Kier molecular flexibility index (Phi) is 5.23. The van der Waals surface area contributed by atoms with Crippen molar-refractivity contribution in [2.24, 2.45) is 0 Å². The van der Waals surface area contributed by atoms with Gasteiger partial charge in [0.15, 0.2) is 11.5 Å². The summed E-state index contributed by atoms with van der Waals surface area (Å²) in [5, 5.41) is 4.30. The zero-order chi connectivity index (χ0) is 17.8. The third-order valence-electron chi connectivity index (χ3n) is 3.78.